The van der Waals surface area contributed by atoms with E-state index in [1.165, 1.54) is 13.2 Å². The summed E-state index contributed by atoms with van der Waals surface area (Å²) in [7, 11) is 1.30. The molecule has 24 heavy (non-hydrogen) atoms. The lowest BCUT2D eigenvalue weighted by Gasteiger charge is -2.09. The molecule has 0 saturated carbocycles. The van der Waals surface area contributed by atoms with Gasteiger partial charge in [-0.05, 0) is 35.9 Å². The van der Waals surface area contributed by atoms with Crippen LogP contribution in [0.5, 0.6) is 5.75 Å². The van der Waals surface area contributed by atoms with Crippen LogP contribution >= 0.6 is 15.9 Å². The fourth-order valence-corrected chi connectivity index (χ4v) is 2.30. The molecule has 0 aromatic heterocycles. The van der Waals surface area contributed by atoms with E-state index < -0.39 is 5.97 Å². The average molecular weight is 390 g/mol. The van der Waals surface area contributed by atoms with E-state index in [1.807, 2.05) is 6.07 Å². The van der Waals surface area contributed by atoms with Crippen LogP contribution in [0.2, 0.25) is 0 Å². The van der Waals surface area contributed by atoms with E-state index in [4.69, 9.17) is 10.5 Å². The van der Waals surface area contributed by atoms with Gasteiger partial charge in [-0.2, -0.15) is 0 Å². The predicted octanol–water partition coefficient (Wildman–Crippen LogP) is 3.48. The number of ether oxygens (including phenoxy) is 2. The van der Waals surface area contributed by atoms with Crippen LogP contribution in [0.1, 0.15) is 15.9 Å². The average Bonchev–Trinajstić information content (AvgIpc) is 2.59. The van der Waals surface area contributed by atoms with E-state index in [1.54, 1.807) is 42.5 Å². The summed E-state index contributed by atoms with van der Waals surface area (Å²) in [5.74, 6) is -0.240. The molecule has 2 aromatic carbocycles. The Labute approximate surface area is 148 Å². The van der Waals surface area contributed by atoms with Crippen molar-refractivity contribution in [2.24, 2.45) is 0 Å². The first-order chi connectivity index (χ1) is 11.5. The molecule has 0 radical (unpaired) electrons. The highest BCUT2D eigenvalue weighted by molar-refractivity contribution is 9.10. The third-order valence-corrected chi connectivity index (χ3v) is 3.65. The monoisotopic (exact) mass is 389 g/mol. The first kappa shape index (κ1) is 17.7. The summed E-state index contributed by atoms with van der Waals surface area (Å²) in [6, 6.07) is 12.1. The Morgan fingerprint density at radius 1 is 1.21 bits per heavy atom. The topological polar surface area (TPSA) is 78.6 Å². The van der Waals surface area contributed by atoms with E-state index in [-0.39, 0.29) is 12.4 Å². The number of nitrogen functional groups attached to an aromatic ring is 1. The fourth-order valence-electron chi connectivity index (χ4n) is 1.90. The second-order valence-electron chi connectivity index (χ2n) is 4.88. The maximum Gasteiger partial charge on any atom is 0.330 e. The highest BCUT2D eigenvalue weighted by Crippen LogP contribution is 2.24. The predicted molar refractivity (Wildman–Crippen MR) is 95.9 cm³/mol. The van der Waals surface area contributed by atoms with Crippen molar-refractivity contribution in [1.82, 2.24) is 0 Å². The van der Waals surface area contributed by atoms with Crippen LogP contribution in [-0.2, 0) is 9.53 Å². The van der Waals surface area contributed by atoms with Gasteiger partial charge in [0.05, 0.1) is 12.8 Å². The minimum atomic E-state index is -0.459. The Morgan fingerprint density at radius 2 is 2.00 bits per heavy atom. The molecule has 0 aliphatic heterocycles. The minimum Gasteiger partial charge on any atom is -0.483 e. The summed E-state index contributed by atoms with van der Waals surface area (Å²) in [5, 5.41) is 0. The standard InChI is InChI=1S/C18H16BrNO4/c1-23-18(22)8-6-12-5-7-15(20)17(9-12)24-11-16(21)13-3-2-4-14(19)10-13/h2-10H,11,20H2,1H3. The van der Waals surface area contributed by atoms with Gasteiger partial charge in [0.2, 0.25) is 0 Å². The number of benzene rings is 2. The maximum atomic E-state index is 12.2. The third-order valence-electron chi connectivity index (χ3n) is 3.16. The zero-order valence-corrected chi connectivity index (χ0v) is 14.6. The summed E-state index contributed by atoms with van der Waals surface area (Å²) < 4.78 is 10.9. The van der Waals surface area contributed by atoms with Crippen LogP contribution in [-0.4, -0.2) is 25.5 Å². The first-order valence-electron chi connectivity index (χ1n) is 7.06. The number of carbonyl (C=O) groups excluding carboxylic acids is 2. The molecular weight excluding hydrogens is 374 g/mol. The van der Waals surface area contributed by atoms with E-state index in [0.29, 0.717) is 22.6 Å². The van der Waals surface area contributed by atoms with E-state index in [9.17, 15) is 9.59 Å². The Hall–Kier alpha value is -2.60. The molecule has 124 valence electrons. The summed E-state index contributed by atoms with van der Waals surface area (Å²) in [4.78, 5) is 23.3. The number of esters is 1. The Balaban J connectivity index is 2.07. The molecule has 2 aromatic rings. The molecule has 0 spiro atoms. The van der Waals surface area contributed by atoms with Crippen LogP contribution in [0.3, 0.4) is 0 Å². The van der Waals surface area contributed by atoms with Gasteiger partial charge in [0.1, 0.15) is 5.75 Å². The van der Waals surface area contributed by atoms with Gasteiger partial charge in [-0.1, -0.05) is 34.1 Å². The van der Waals surface area contributed by atoms with Crippen molar-refractivity contribution in [1.29, 1.82) is 0 Å². The van der Waals surface area contributed by atoms with Crippen LogP contribution in [0.15, 0.2) is 53.0 Å². The molecule has 0 aliphatic carbocycles. The van der Waals surface area contributed by atoms with Crippen molar-refractivity contribution in [3.63, 3.8) is 0 Å². The summed E-state index contributed by atoms with van der Waals surface area (Å²) in [5.41, 5.74) is 7.52. The molecule has 0 amide bonds. The number of ketones is 1. The van der Waals surface area contributed by atoms with E-state index >= 15 is 0 Å². The summed E-state index contributed by atoms with van der Waals surface area (Å²) >= 11 is 3.32. The van der Waals surface area contributed by atoms with Gasteiger partial charge >= 0.3 is 5.97 Å². The number of rotatable bonds is 6. The van der Waals surface area contributed by atoms with Crippen LogP contribution in [0.25, 0.3) is 6.08 Å². The highest BCUT2D eigenvalue weighted by atomic mass is 79.9. The second-order valence-corrected chi connectivity index (χ2v) is 5.79. The number of hydrogen-bond donors (Lipinski definition) is 1. The van der Waals surface area contributed by atoms with Crippen molar-refractivity contribution >= 4 is 39.4 Å². The van der Waals surface area contributed by atoms with E-state index in [0.717, 1.165) is 4.47 Å². The molecule has 0 unspecified atom stereocenters. The van der Waals surface area contributed by atoms with Gasteiger partial charge in [-0.25, -0.2) is 4.79 Å². The summed E-state index contributed by atoms with van der Waals surface area (Å²) in [6.45, 7) is -0.134. The number of nitrogens with two attached hydrogens (primary N) is 1. The molecule has 6 heteroatoms. The quantitative estimate of drug-likeness (QED) is 0.354. The largest absolute Gasteiger partial charge is 0.483 e. The zero-order valence-electron chi connectivity index (χ0n) is 13.0. The van der Waals surface area contributed by atoms with Crippen molar-refractivity contribution in [3.8, 4) is 5.75 Å². The number of Topliss-reactive ketones (excluding diaryl/α,β-unsaturated/α-hetero) is 1. The Kier molecular flexibility index (Phi) is 6.14. The number of anilines is 1. The van der Waals surface area contributed by atoms with Crippen molar-refractivity contribution in [2.45, 2.75) is 0 Å². The lowest BCUT2D eigenvalue weighted by Crippen LogP contribution is -2.12. The number of halogens is 1. The van der Waals surface area contributed by atoms with Gasteiger partial charge in [0, 0.05) is 16.1 Å². The Bertz CT molecular complexity index is 786. The smallest absolute Gasteiger partial charge is 0.330 e. The van der Waals surface area contributed by atoms with Gasteiger partial charge in [0.15, 0.2) is 12.4 Å². The third kappa shape index (κ3) is 4.96. The molecule has 0 bridgehead atoms. The van der Waals surface area contributed by atoms with Crippen molar-refractivity contribution in [2.75, 3.05) is 19.5 Å². The lowest BCUT2D eigenvalue weighted by atomic mass is 10.1. The molecule has 0 heterocycles. The number of methoxy groups -OCH3 is 1. The molecule has 2 N–H and O–H groups in total. The minimum absolute atomic E-state index is 0.134. The van der Waals surface area contributed by atoms with Crippen LogP contribution in [0.4, 0.5) is 5.69 Å². The molecular formula is C18H16BrNO4. The van der Waals surface area contributed by atoms with Crippen molar-refractivity contribution < 1.29 is 19.1 Å². The van der Waals surface area contributed by atoms with E-state index in [2.05, 4.69) is 20.7 Å². The van der Waals surface area contributed by atoms with Gasteiger partial charge < -0.3 is 15.2 Å². The van der Waals surface area contributed by atoms with Crippen LogP contribution in [0, 0.1) is 0 Å². The molecule has 2 rings (SSSR count). The van der Waals surface area contributed by atoms with Gasteiger partial charge in [-0.15, -0.1) is 0 Å². The second kappa shape index (κ2) is 8.31. The Morgan fingerprint density at radius 3 is 2.71 bits per heavy atom. The maximum absolute atomic E-state index is 12.2. The lowest BCUT2D eigenvalue weighted by molar-refractivity contribution is -0.134. The molecule has 0 aliphatic rings. The van der Waals surface area contributed by atoms with Crippen molar-refractivity contribution in [3.05, 3.63) is 64.1 Å². The fraction of sp³-hybridized carbons (Fsp3) is 0.111. The molecule has 0 fully saturated rings. The van der Waals surface area contributed by atoms with Crippen LogP contribution < -0.4 is 10.5 Å². The SMILES string of the molecule is COC(=O)C=Cc1ccc(N)c(OCC(=O)c2cccc(Br)c2)c1. The summed E-state index contributed by atoms with van der Waals surface area (Å²) in [6.07, 6.45) is 2.87. The number of carbonyl (C=O) groups is 2. The van der Waals surface area contributed by atoms with Gasteiger partial charge in [0.25, 0.3) is 0 Å². The molecule has 0 atom stereocenters. The zero-order chi connectivity index (χ0) is 17.5. The molecule has 5 nitrogen and oxygen atoms in total. The van der Waals surface area contributed by atoms with Gasteiger partial charge in [-0.3, -0.25) is 4.79 Å². The normalized spacial score (nSPS) is 10.6. The highest BCUT2D eigenvalue weighted by Gasteiger charge is 2.09. The number of hydrogen-bond acceptors (Lipinski definition) is 5. The molecule has 0 saturated heterocycles. The first-order valence-corrected chi connectivity index (χ1v) is 7.86.